The van der Waals surface area contributed by atoms with Gasteiger partial charge in [0.1, 0.15) is 11.4 Å². The number of ether oxygens (including phenoxy) is 1. The van der Waals surface area contributed by atoms with Crippen LogP contribution in [-0.2, 0) is 26.7 Å². The van der Waals surface area contributed by atoms with Gasteiger partial charge in [-0.05, 0) is 118 Å². The summed E-state index contributed by atoms with van der Waals surface area (Å²) in [5, 5.41) is 11.5. The van der Waals surface area contributed by atoms with Gasteiger partial charge in [-0.25, -0.2) is 13.1 Å². The number of amides is 1. The van der Waals surface area contributed by atoms with Gasteiger partial charge in [-0.2, -0.15) is 0 Å². The number of anilines is 1. The summed E-state index contributed by atoms with van der Waals surface area (Å²) in [4.78, 5) is 28.0. The normalized spacial score (nSPS) is 34.0. The summed E-state index contributed by atoms with van der Waals surface area (Å²) in [6.45, 7) is 5.08. The molecular weight excluding hydrogens is 588 g/mol. The molecule has 2 aliphatic carbocycles. The average Bonchev–Trinajstić information content (AvgIpc) is 3.11. The number of hydrogen-bond acceptors (Lipinski definition) is 7. The maximum atomic E-state index is 13.4. The molecule has 0 aromatic heterocycles. The molecule has 1 saturated carbocycles. The molecule has 6 atom stereocenters. The number of aliphatic hydroxyl groups is 1. The molecule has 43 heavy (non-hydrogen) atoms. The van der Waals surface area contributed by atoms with Gasteiger partial charge in [0, 0.05) is 29.1 Å². The van der Waals surface area contributed by atoms with Crippen molar-refractivity contribution in [3.05, 3.63) is 58.1 Å². The Morgan fingerprint density at radius 3 is 2.65 bits per heavy atom. The number of rotatable bonds is 1. The summed E-state index contributed by atoms with van der Waals surface area (Å²) in [7, 11) is -3.97. The van der Waals surface area contributed by atoms with Gasteiger partial charge in [-0.3, -0.25) is 4.79 Å². The van der Waals surface area contributed by atoms with E-state index in [2.05, 4.69) is 15.7 Å². The molecule has 2 aromatic carbocycles. The lowest BCUT2D eigenvalue weighted by atomic mass is 9.63. The molecule has 8 nitrogen and oxygen atoms in total. The van der Waals surface area contributed by atoms with Crippen LogP contribution in [0, 0.1) is 17.8 Å². The Kier molecular flexibility index (Phi) is 8.05. The third-order valence-corrected chi connectivity index (χ3v) is 12.9. The Balaban J connectivity index is 1.44. The fourth-order valence-electron chi connectivity index (χ4n) is 7.84. The number of nitrogens with one attached hydrogen (secondary N) is 1. The standard InChI is InChI=1S/C33H41ClN2O6S/c1-21-5-3-14-33(39,19-37)28-10-7-25(28)17-36-18-32(13-4-6-23-15-26(34)9-11-27(23)32)20-42-30-12-8-24(16-29(30)36)31(38)35-43(40,41)22(21)2/h8-9,11-12,15-16,19,21-22,25,28,39H,3-7,10,13-14,17-18,20H2,1-2H3,(H,35,38)/t21-,22+,25-,28+,32-,33+/m0/s1. The van der Waals surface area contributed by atoms with Crippen LogP contribution >= 0.6 is 11.6 Å². The molecule has 2 bridgehead atoms. The van der Waals surface area contributed by atoms with Crippen molar-refractivity contribution in [3.63, 3.8) is 0 Å². The van der Waals surface area contributed by atoms with E-state index in [4.69, 9.17) is 16.3 Å². The maximum Gasteiger partial charge on any atom is 0.264 e. The van der Waals surface area contributed by atoms with Crippen LogP contribution in [0.15, 0.2) is 36.4 Å². The van der Waals surface area contributed by atoms with E-state index in [1.54, 1.807) is 25.1 Å². The van der Waals surface area contributed by atoms with Crippen LogP contribution in [0.3, 0.4) is 0 Å². The Bertz CT molecular complexity index is 1530. The minimum atomic E-state index is -3.97. The highest BCUT2D eigenvalue weighted by atomic mass is 35.5. The smallest absolute Gasteiger partial charge is 0.264 e. The molecule has 2 aromatic rings. The second-order valence-electron chi connectivity index (χ2n) is 13.4. The van der Waals surface area contributed by atoms with Gasteiger partial charge in [-0.15, -0.1) is 0 Å². The van der Waals surface area contributed by atoms with E-state index in [0.29, 0.717) is 49.6 Å². The Labute approximate surface area is 259 Å². The van der Waals surface area contributed by atoms with Crippen molar-refractivity contribution in [3.8, 4) is 5.75 Å². The molecule has 6 rings (SSSR count). The number of carbonyl (C=O) groups is 2. The molecule has 0 unspecified atom stereocenters. The van der Waals surface area contributed by atoms with Gasteiger partial charge in [0.15, 0.2) is 6.29 Å². The van der Waals surface area contributed by atoms with Crippen molar-refractivity contribution in [2.24, 2.45) is 17.8 Å². The summed E-state index contributed by atoms with van der Waals surface area (Å²) in [5.41, 5.74) is 1.60. The molecule has 0 radical (unpaired) electrons. The first kappa shape index (κ1) is 30.4. The second-order valence-corrected chi connectivity index (χ2v) is 15.9. The minimum Gasteiger partial charge on any atom is -0.490 e. The highest BCUT2D eigenvalue weighted by molar-refractivity contribution is 7.90. The van der Waals surface area contributed by atoms with Crippen LogP contribution in [0.25, 0.3) is 0 Å². The van der Waals surface area contributed by atoms with Crippen LogP contribution in [0.4, 0.5) is 5.69 Å². The zero-order valence-electron chi connectivity index (χ0n) is 24.9. The Hall–Kier alpha value is -2.62. The first-order chi connectivity index (χ1) is 20.4. The quantitative estimate of drug-likeness (QED) is 0.426. The lowest BCUT2D eigenvalue weighted by molar-refractivity contribution is -0.140. The number of aldehydes is 1. The van der Waals surface area contributed by atoms with E-state index in [-0.39, 0.29) is 35.2 Å². The van der Waals surface area contributed by atoms with Gasteiger partial charge in [0.2, 0.25) is 10.0 Å². The number of fused-ring (bicyclic) bond motifs is 4. The molecule has 10 heteroatoms. The molecule has 0 saturated heterocycles. The number of aryl methyl sites for hydroxylation is 1. The molecule has 232 valence electrons. The number of hydrogen-bond donors (Lipinski definition) is 2. The molecule has 2 N–H and O–H groups in total. The van der Waals surface area contributed by atoms with Crippen LogP contribution in [0.1, 0.15) is 80.3 Å². The van der Waals surface area contributed by atoms with E-state index in [1.807, 2.05) is 19.1 Å². The highest BCUT2D eigenvalue weighted by Crippen LogP contribution is 2.48. The lowest BCUT2D eigenvalue weighted by Crippen LogP contribution is -2.53. The predicted molar refractivity (Wildman–Crippen MR) is 166 cm³/mol. The van der Waals surface area contributed by atoms with E-state index in [1.165, 1.54) is 11.1 Å². The topological polar surface area (TPSA) is 113 Å². The highest BCUT2D eigenvalue weighted by Gasteiger charge is 2.49. The molecule has 2 aliphatic heterocycles. The fourth-order valence-corrected chi connectivity index (χ4v) is 9.35. The molecular formula is C33H41ClN2O6S. The van der Waals surface area contributed by atoms with E-state index in [0.717, 1.165) is 37.8 Å². The van der Waals surface area contributed by atoms with Gasteiger partial charge in [0.25, 0.3) is 5.91 Å². The van der Waals surface area contributed by atoms with Crippen LogP contribution in [-0.4, -0.2) is 56.3 Å². The zero-order valence-corrected chi connectivity index (χ0v) is 26.4. The van der Waals surface area contributed by atoms with Crippen molar-refractivity contribution in [1.29, 1.82) is 0 Å². The van der Waals surface area contributed by atoms with Crippen molar-refractivity contribution in [2.75, 3.05) is 24.6 Å². The number of benzene rings is 2. The molecule has 1 fully saturated rings. The predicted octanol–water partition coefficient (Wildman–Crippen LogP) is 5.04. The van der Waals surface area contributed by atoms with E-state index >= 15 is 0 Å². The monoisotopic (exact) mass is 628 g/mol. The lowest BCUT2D eigenvalue weighted by Gasteiger charge is -2.48. The first-order valence-corrected chi connectivity index (χ1v) is 17.4. The van der Waals surface area contributed by atoms with Crippen molar-refractivity contribution >= 4 is 39.5 Å². The zero-order chi connectivity index (χ0) is 30.6. The third kappa shape index (κ3) is 5.57. The first-order valence-electron chi connectivity index (χ1n) is 15.5. The van der Waals surface area contributed by atoms with Gasteiger partial charge < -0.3 is 19.5 Å². The number of carbonyl (C=O) groups excluding carboxylic acids is 2. The van der Waals surface area contributed by atoms with Gasteiger partial charge in [0.05, 0.1) is 17.5 Å². The summed E-state index contributed by atoms with van der Waals surface area (Å²) < 4.78 is 35.2. The fraction of sp³-hybridized carbons (Fsp3) is 0.576. The number of nitrogens with zero attached hydrogens (tertiary/aromatic N) is 1. The minimum absolute atomic E-state index is 0.0774. The molecule has 4 aliphatic rings. The van der Waals surface area contributed by atoms with E-state index in [9.17, 15) is 23.1 Å². The number of sulfonamides is 1. The third-order valence-electron chi connectivity index (χ3n) is 10.8. The Morgan fingerprint density at radius 1 is 1.09 bits per heavy atom. The van der Waals surface area contributed by atoms with Crippen LogP contribution in [0.5, 0.6) is 5.75 Å². The molecule has 1 amide bonds. The average molecular weight is 629 g/mol. The summed E-state index contributed by atoms with van der Waals surface area (Å²) in [5.74, 6) is -0.425. The van der Waals surface area contributed by atoms with Gasteiger partial charge in [-0.1, -0.05) is 24.6 Å². The molecule has 2 heterocycles. The second kappa shape index (κ2) is 11.4. The Morgan fingerprint density at radius 2 is 1.91 bits per heavy atom. The maximum absolute atomic E-state index is 13.4. The van der Waals surface area contributed by atoms with Gasteiger partial charge >= 0.3 is 0 Å². The van der Waals surface area contributed by atoms with Crippen LogP contribution in [0.2, 0.25) is 5.02 Å². The summed E-state index contributed by atoms with van der Waals surface area (Å²) in [6, 6.07) is 11.2. The van der Waals surface area contributed by atoms with Crippen molar-refractivity contribution in [2.45, 2.75) is 81.5 Å². The largest absolute Gasteiger partial charge is 0.490 e. The summed E-state index contributed by atoms with van der Waals surface area (Å²) in [6.07, 6.45) is 6.50. The van der Waals surface area contributed by atoms with E-state index < -0.39 is 26.8 Å². The van der Waals surface area contributed by atoms with Crippen molar-refractivity contribution in [1.82, 2.24) is 4.72 Å². The van der Waals surface area contributed by atoms with Crippen molar-refractivity contribution < 1.29 is 27.9 Å². The number of halogens is 1. The van der Waals surface area contributed by atoms with Crippen LogP contribution < -0.4 is 14.4 Å². The summed E-state index contributed by atoms with van der Waals surface area (Å²) >= 11 is 6.38. The molecule has 1 spiro atoms. The SMILES string of the molecule is C[C@@H]1[C@@H](C)CCC[C@@](O)(C=O)[C@@H]2CC[C@H]2CN2C[C@@]3(CCCc4cc(Cl)ccc43)COc3ccc(cc32)C(=O)NS1(=O)=O.